The van der Waals surface area contributed by atoms with Gasteiger partial charge in [0.05, 0.1) is 6.54 Å². The Labute approximate surface area is 117 Å². The zero-order chi connectivity index (χ0) is 14.9. The number of aryl methyl sites for hydroxylation is 1. The van der Waals surface area contributed by atoms with Gasteiger partial charge in [-0.25, -0.2) is 28.2 Å². The Morgan fingerprint density at radius 1 is 1.35 bits per heavy atom. The van der Waals surface area contributed by atoms with Gasteiger partial charge in [-0.1, -0.05) is 6.92 Å². The molecule has 0 aliphatic rings. The number of rotatable bonds is 5. The lowest BCUT2D eigenvalue weighted by Crippen LogP contribution is -2.13. The molecule has 20 heavy (non-hydrogen) atoms. The highest BCUT2D eigenvalue weighted by atomic mass is 32.2. The maximum atomic E-state index is 11.4. The van der Waals surface area contributed by atoms with E-state index in [1.807, 2.05) is 20.8 Å². The monoisotopic (exact) mass is 298 g/mol. The van der Waals surface area contributed by atoms with E-state index >= 15 is 0 Å². The van der Waals surface area contributed by atoms with Crippen LogP contribution in [0, 0.1) is 0 Å². The maximum absolute atomic E-state index is 11.4. The van der Waals surface area contributed by atoms with E-state index in [9.17, 15) is 8.42 Å². The van der Waals surface area contributed by atoms with Crippen LogP contribution in [-0.2, 0) is 23.0 Å². The molecule has 0 bridgehead atoms. The summed E-state index contributed by atoms with van der Waals surface area (Å²) in [6.07, 6.45) is 3.53. The molecule has 0 amide bonds. The summed E-state index contributed by atoms with van der Waals surface area (Å²) in [7, 11) is -3.79. The van der Waals surface area contributed by atoms with Crippen LogP contribution < -0.4 is 5.14 Å². The van der Waals surface area contributed by atoms with Gasteiger partial charge in [-0.15, -0.1) is 0 Å². The lowest BCUT2D eigenvalue weighted by atomic mass is 10.4. The largest absolute Gasteiger partial charge is 0.326 e. The van der Waals surface area contributed by atoms with Gasteiger partial charge in [-0.2, -0.15) is 5.10 Å². The van der Waals surface area contributed by atoms with Crippen molar-refractivity contribution in [2.75, 3.05) is 0 Å². The second-order valence-electron chi connectivity index (χ2n) is 4.74. The number of nitrogens with two attached hydrogens (primary N) is 1. The molecule has 0 saturated heterocycles. The second kappa shape index (κ2) is 5.33. The fraction of sp³-hybridized carbons (Fsp3) is 0.545. The molecule has 0 fully saturated rings. The van der Waals surface area contributed by atoms with E-state index in [1.165, 1.54) is 12.5 Å². The summed E-state index contributed by atoms with van der Waals surface area (Å²) in [6, 6.07) is 0.179. The van der Waals surface area contributed by atoms with E-state index in [1.54, 1.807) is 9.25 Å². The van der Waals surface area contributed by atoms with Crippen LogP contribution in [0.2, 0.25) is 0 Å². The van der Waals surface area contributed by atoms with Crippen LogP contribution in [0.4, 0.5) is 0 Å². The predicted molar refractivity (Wildman–Crippen MR) is 72.5 cm³/mol. The number of aromatic nitrogens is 5. The SMILES string of the molecule is CCc1nc(S(N)(=O)=O)cn1Cc1ncnn1C(C)C. The van der Waals surface area contributed by atoms with Crippen LogP contribution in [0.25, 0.3) is 0 Å². The van der Waals surface area contributed by atoms with Gasteiger partial charge in [0.1, 0.15) is 18.0 Å². The van der Waals surface area contributed by atoms with Gasteiger partial charge in [0, 0.05) is 18.7 Å². The first-order chi connectivity index (χ1) is 9.32. The Hall–Kier alpha value is -1.74. The van der Waals surface area contributed by atoms with E-state index in [0.717, 1.165) is 5.82 Å². The smallest absolute Gasteiger partial charge is 0.257 e. The number of hydrogen-bond donors (Lipinski definition) is 1. The van der Waals surface area contributed by atoms with Gasteiger partial charge < -0.3 is 4.57 Å². The molecule has 0 saturated carbocycles. The van der Waals surface area contributed by atoms with Crippen molar-refractivity contribution in [3.8, 4) is 0 Å². The molecule has 0 aromatic carbocycles. The van der Waals surface area contributed by atoms with Crippen molar-refractivity contribution >= 4 is 10.0 Å². The minimum atomic E-state index is -3.79. The normalized spacial score (nSPS) is 12.2. The minimum absolute atomic E-state index is 0.120. The topological polar surface area (TPSA) is 109 Å². The molecular formula is C11H18N6O2S. The molecule has 2 aromatic rings. The molecule has 2 N–H and O–H groups in total. The molecule has 0 aliphatic carbocycles. The van der Waals surface area contributed by atoms with Crippen molar-refractivity contribution in [1.82, 2.24) is 24.3 Å². The summed E-state index contributed by atoms with van der Waals surface area (Å²) in [5.74, 6) is 1.39. The van der Waals surface area contributed by atoms with E-state index in [-0.39, 0.29) is 11.1 Å². The third kappa shape index (κ3) is 2.88. The summed E-state index contributed by atoms with van der Waals surface area (Å²) in [4.78, 5) is 8.25. The van der Waals surface area contributed by atoms with Crippen LogP contribution >= 0.6 is 0 Å². The molecule has 2 rings (SSSR count). The first-order valence-electron chi connectivity index (χ1n) is 6.30. The van der Waals surface area contributed by atoms with Gasteiger partial charge >= 0.3 is 0 Å². The lowest BCUT2D eigenvalue weighted by molar-refractivity contribution is 0.493. The van der Waals surface area contributed by atoms with Gasteiger partial charge in [-0.05, 0) is 13.8 Å². The summed E-state index contributed by atoms with van der Waals surface area (Å²) < 4.78 is 26.2. The predicted octanol–water partition coefficient (Wildman–Crippen LogP) is 0.314. The molecule has 0 unspecified atom stereocenters. The van der Waals surface area contributed by atoms with E-state index in [0.29, 0.717) is 18.8 Å². The average molecular weight is 298 g/mol. The Bertz CT molecular complexity index is 700. The van der Waals surface area contributed by atoms with Crippen molar-refractivity contribution in [2.45, 2.75) is 44.8 Å². The van der Waals surface area contributed by atoms with Crippen LogP contribution in [0.3, 0.4) is 0 Å². The molecule has 110 valence electrons. The first-order valence-corrected chi connectivity index (χ1v) is 7.84. The highest BCUT2D eigenvalue weighted by Crippen LogP contribution is 2.12. The molecule has 0 radical (unpaired) electrons. The average Bonchev–Trinajstić information content (AvgIpc) is 2.95. The standard InChI is InChI=1S/C11H18N6O2S/c1-4-9-15-11(20(12,18)19)6-16(9)5-10-13-7-14-17(10)8(2)3/h6-8H,4-5H2,1-3H3,(H2,12,18,19). The van der Waals surface area contributed by atoms with Crippen molar-refractivity contribution in [1.29, 1.82) is 0 Å². The molecule has 2 aromatic heterocycles. The van der Waals surface area contributed by atoms with Crippen molar-refractivity contribution < 1.29 is 8.42 Å². The molecule has 0 atom stereocenters. The van der Waals surface area contributed by atoms with Crippen molar-refractivity contribution in [2.24, 2.45) is 5.14 Å². The van der Waals surface area contributed by atoms with Crippen LogP contribution in [-0.4, -0.2) is 32.7 Å². The third-order valence-electron chi connectivity index (χ3n) is 2.89. The zero-order valence-corrected chi connectivity index (χ0v) is 12.5. The van der Waals surface area contributed by atoms with Crippen LogP contribution in [0.15, 0.2) is 17.6 Å². The first kappa shape index (κ1) is 14.7. The van der Waals surface area contributed by atoms with Gasteiger partial charge in [0.15, 0.2) is 5.03 Å². The van der Waals surface area contributed by atoms with Gasteiger partial charge in [0.25, 0.3) is 10.0 Å². The molecular weight excluding hydrogens is 280 g/mol. The van der Waals surface area contributed by atoms with E-state index in [2.05, 4.69) is 15.1 Å². The zero-order valence-electron chi connectivity index (χ0n) is 11.7. The minimum Gasteiger partial charge on any atom is -0.326 e. The van der Waals surface area contributed by atoms with Crippen LogP contribution in [0.5, 0.6) is 0 Å². The summed E-state index contributed by atoms with van der Waals surface area (Å²) >= 11 is 0. The third-order valence-corrected chi connectivity index (χ3v) is 3.67. The summed E-state index contributed by atoms with van der Waals surface area (Å²) in [5.41, 5.74) is 0. The fourth-order valence-corrected chi connectivity index (χ4v) is 2.46. The number of sulfonamides is 1. The number of hydrogen-bond acceptors (Lipinski definition) is 5. The molecule has 0 aliphatic heterocycles. The number of imidazole rings is 1. The Morgan fingerprint density at radius 2 is 2.05 bits per heavy atom. The maximum Gasteiger partial charge on any atom is 0.257 e. The highest BCUT2D eigenvalue weighted by Gasteiger charge is 2.17. The molecule has 2 heterocycles. The number of primary sulfonamides is 1. The highest BCUT2D eigenvalue weighted by molar-refractivity contribution is 7.89. The van der Waals surface area contributed by atoms with Crippen molar-refractivity contribution in [3.05, 3.63) is 24.2 Å². The number of nitrogens with zero attached hydrogens (tertiary/aromatic N) is 5. The summed E-state index contributed by atoms with van der Waals surface area (Å²) in [6.45, 7) is 6.31. The van der Waals surface area contributed by atoms with E-state index < -0.39 is 10.0 Å². The van der Waals surface area contributed by atoms with Crippen molar-refractivity contribution in [3.63, 3.8) is 0 Å². The molecule has 8 nitrogen and oxygen atoms in total. The van der Waals surface area contributed by atoms with Crippen LogP contribution in [0.1, 0.15) is 38.5 Å². The lowest BCUT2D eigenvalue weighted by Gasteiger charge is -2.10. The van der Waals surface area contributed by atoms with Gasteiger partial charge in [0.2, 0.25) is 0 Å². The Kier molecular flexibility index (Phi) is 3.91. The van der Waals surface area contributed by atoms with E-state index in [4.69, 9.17) is 5.14 Å². The quantitative estimate of drug-likeness (QED) is 0.854. The Balaban J connectivity index is 2.38. The fourth-order valence-electron chi connectivity index (χ4n) is 1.96. The second-order valence-corrected chi connectivity index (χ2v) is 6.24. The molecule has 9 heteroatoms. The van der Waals surface area contributed by atoms with Gasteiger partial charge in [-0.3, -0.25) is 0 Å². The molecule has 0 spiro atoms. The Morgan fingerprint density at radius 3 is 2.60 bits per heavy atom. The summed E-state index contributed by atoms with van der Waals surface area (Å²) in [5, 5.41) is 9.14.